The number of rotatable bonds is 4. The number of nitrogens with zero attached hydrogens (tertiary/aromatic N) is 2. The van der Waals surface area contributed by atoms with Crippen molar-refractivity contribution >= 4 is 29.9 Å². The lowest BCUT2D eigenvalue weighted by Crippen LogP contribution is -2.41. The first-order chi connectivity index (χ1) is 10.8. The molecule has 1 aromatic heterocycles. The molecule has 2 aromatic rings. The molecule has 1 fully saturated rings. The molecule has 1 aromatic carbocycles. The van der Waals surface area contributed by atoms with E-state index in [4.69, 9.17) is 4.52 Å². The quantitative estimate of drug-likeness (QED) is 0.446. The van der Waals surface area contributed by atoms with E-state index in [9.17, 15) is 0 Å². The molecule has 23 heavy (non-hydrogen) atoms. The predicted molar refractivity (Wildman–Crippen MR) is 103 cm³/mol. The van der Waals surface area contributed by atoms with Gasteiger partial charge in [-0.3, -0.25) is 4.99 Å². The molecule has 124 valence electrons. The van der Waals surface area contributed by atoms with Crippen LogP contribution in [-0.2, 0) is 6.54 Å². The first-order valence-electron chi connectivity index (χ1n) is 7.83. The summed E-state index contributed by atoms with van der Waals surface area (Å²) in [6, 6.07) is 12.5. The van der Waals surface area contributed by atoms with Crippen molar-refractivity contribution in [3.05, 3.63) is 42.2 Å². The number of aromatic nitrogens is 1. The number of hydrogen-bond donors (Lipinski definition) is 2. The summed E-state index contributed by atoms with van der Waals surface area (Å²) in [7, 11) is 1.79. The molecular weight excluding hydrogens is 403 g/mol. The molecule has 3 rings (SSSR count). The van der Waals surface area contributed by atoms with Gasteiger partial charge in [-0.15, -0.1) is 24.0 Å². The van der Waals surface area contributed by atoms with Crippen LogP contribution < -0.4 is 10.6 Å². The summed E-state index contributed by atoms with van der Waals surface area (Å²) in [5.74, 6) is 1.62. The molecule has 0 atom stereocenters. The zero-order valence-electron chi connectivity index (χ0n) is 13.3. The topological polar surface area (TPSA) is 62.5 Å². The number of nitrogens with one attached hydrogen (secondary N) is 2. The Bertz CT molecular complexity index is 621. The SMILES string of the molecule is CN=C(NCc1cc(-c2ccccc2)no1)NC1CCCC1.I. The summed E-state index contributed by atoms with van der Waals surface area (Å²) in [6.45, 7) is 0.576. The van der Waals surface area contributed by atoms with Crippen LogP contribution in [-0.4, -0.2) is 24.2 Å². The van der Waals surface area contributed by atoms with Crippen LogP contribution in [0.5, 0.6) is 0 Å². The van der Waals surface area contributed by atoms with Crippen molar-refractivity contribution < 1.29 is 4.52 Å². The number of guanidine groups is 1. The van der Waals surface area contributed by atoms with E-state index in [2.05, 4.69) is 20.8 Å². The second kappa shape index (κ2) is 8.90. The molecule has 0 amide bonds. The van der Waals surface area contributed by atoms with Gasteiger partial charge in [0.2, 0.25) is 0 Å². The van der Waals surface area contributed by atoms with Crippen LogP contribution in [0.1, 0.15) is 31.4 Å². The fraction of sp³-hybridized carbons (Fsp3) is 0.412. The monoisotopic (exact) mass is 426 g/mol. The van der Waals surface area contributed by atoms with Crippen molar-refractivity contribution in [1.29, 1.82) is 0 Å². The van der Waals surface area contributed by atoms with Crippen LogP contribution in [0, 0.1) is 0 Å². The van der Waals surface area contributed by atoms with E-state index < -0.39 is 0 Å². The van der Waals surface area contributed by atoms with Crippen molar-refractivity contribution in [2.75, 3.05) is 7.05 Å². The van der Waals surface area contributed by atoms with Gasteiger partial charge in [0, 0.05) is 24.7 Å². The normalized spacial score (nSPS) is 15.3. The fourth-order valence-corrected chi connectivity index (χ4v) is 2.77. The first-order valence-corrected chi connectivity index (χ1v) is 7.83. The predicted octanol–water partition coefficient (Wildman–Crippen LogP) is 3.57. The Kier molecular flexibility index (Phi) is 6.88. The Hall–Kier alpha value is -1.57. The number of benzene rings is 1. The summed E-state index contributed by atoms with van der Waals surface area (Å²) in [5.41, 5.74) is 1.92. The summed E-state index contributed by atoms with van der Waals surface area (Å²) in [6.07, 6.45) is 5.05. The lowest BCUT2D eigenvalue weighted by atomic mass is 10.1. The van der Waals surface area contributed by atoms with E-state index in [-0.39, 0.29) is 24.0 Å². The minimum absolute atomic E-state index is 0. The van der Waals surface area contributed by atoms with Crippen molar-refractivity contribution in [2.45, 2.75) is 38.3 Å². The molecule has 1 aliphatic carbocycles. The molecule has 0 saturated heterocycles. The highest BCUT2D eigenvalue weighted by Crippen LogP contribution is 2.19. The molecule has 0 radical (unpaired) electrons. The Labute approximate surface area is 154 Å². The van der Waals surface area contributed by atoms with E-state index >= 15 is 0 Å². The highest BCUT2D eigenvalue weighted by molar-refractivity contribution is 14.0. The van der Waals surface area contributed by atoms with Crippen LogP contribution in [0.4, 0.5) is 0 Å². The summed E-state index contributed by atoms with van der Waals surface area (Å²) >= 11 is 0. The molecule has 1 saturated carbocycles. The lowest BCUT2D eigenvalue weighted by Gasteiger charge is -2.15. The second-order valence-electron chi connectivity index (χ2n) is 5.60. The molecule has 1 aliphatic rings. The van der Waals surface area contributed by atoms with E-state index in [1.165, 1.54) is 25.7 Å². The molecule has 5 nitrogen and oxygen atoms in total. The lowest BCUT2D eigenvalue weighted by molar-refractivity contribution is 0.381. The average Bonchev–Trinajstić information content (AvgIpc) is 3.24. The molecule has 1 heterocycles. The smallest absolute Gasteiger partial charge is 0.191 e. The Balaban J connectivity index is 0.00000192. The summed E-state index contributed by atoms with van der Waals surface area (Å²) in [4.78, 5) is 4.26. The highest BCUT2D eigenvalue weighted by Gasteiger charge is 2.16. The minimum Gasteiger partial charge on any atom is -0.359 e. The molecule has 0 spiro atoms. The van der Waals surface area contributed by atoms with Crippen LogP contribution in [0.3, 0.4) is 0 Å². The Morgan fingerprint density at radius 3 is 2.70 bits per heavy atom. The van der Waals surface area contributed by atoms with Crippen LogP contribution in [0.15, 0.2) is 45.9 Å². The number of hydrogen-bond acceptors (Lipinski definition) is 3. The average molecular weight is 426 g/mol. The number of halogens is 1. The zero-order valence-corrected chi connectivity index (χ0v) is 15.6. The minimum atomic E-state index is 0. The molecule has 2 N–H and O–H groups in total. The van der Waals surface area contributed by atoms with E-state index in [1.807, 2.05) is 36.4 Å². The van der Waals surface area contributed by atoms with Gasteiger partial charge in [-0.25, -0.2) is 0 Å². The van der Waals surface area contributed by atoms with E-state index in [0.717, 1.165) is 23.0 Å². The number of aliphatic imine (C=N–C) groups is 1. The molecule has 0 bridgehead atoms. The van der Waals surface area contributed by atoms with Crippen LogP contribution in [0.25, 0.3) is 11.3 Å². The molecule has 6 heteroatoms. The maximum absolute atomic E-state index is 5.39. The van der Waals surface area contributed by atoms with E-state index in [1.54, 1.807) is 7.05 Å². The van der Waals surface area contributed by atoms with Gasteiger partial charge in [-0.2, -0.15) is 0 Å². The first kappa shape index (κ1) is 17.8. The molecule has 0 aliphatic heterocycles. The largest absolute Gasteiger partial charge is 0.359 e. The van der Waals surface area contributed by atoms with Crippen molar-refractivity contribution in [1.82, 2.24) is 15.8 Å². The molecule has 0 unspecified atom stereocenters. The van der Waals surface area contributed by atoms with Crippen LogP contribution >= 0.6 is 24.0 Å². The van der Waals surface area contributed by atoms with Crippen molar-refractivity contribution in [3.8, 4) is 11.3 Å². The van der Waals surface area contributed by atoms with Crippen molar-refractivity contribution in [2.24, 2.45) is 4.99 Å². The summed E-state index contributed by atoms with van der Waals surface area (Å²) < 4.78 is 5.39. The Morgan fingerprint density at radius 1 is 1.26 bits per heavy atom. The maximum atomic E-state index is 5.39. The van der Waals surface area contributed by atoms with Gasteiger partial charge in [0.05, 0.1) is 6.54 Å². The third kappa shape index (κ3) is 4.95. The van der Waals surface area contributed by atoms with Gasteiger partial charge >= 0.3 is 0 Å². The molecular formula is C17H23IN4O. The Morgan fingerprint density at radius 2 is 2.00 bits per heavy atom. The standard InChI is InChI=1S/C17H22N4O.HI/c1-18-17(20-14-9-5-6-10-14)19-12-15-11-16(21-22-15)13-7-3-2-4-8-13;/h2-4,7-8,11,14H,5-6,9-10,12H2,1H3,(H2,18,19,20);1H. The summed E-state index contributed by atoms with van der Waals surface area (Å²) in [5, 5.41) is 10.9. The van der Waals surface area contributed by atoms with Gasteiger partial charge in [0.15, 0.2) is 11.7 Å². The zero-order chi connectivity index (χ0) is 15.2. The second-order valence-corrected chi connectivity index (χ2v) is 5.60. The third-order valence-corrected chi connectivity index (χ3v) is 3.98. The maximum Gasteiger partial charge on any atom is 0.191 e. The van der Waals surface area contributed by atoms with Gasteiger partial charge in [-0.05, 0) is 12.8 Å². The van der Waals surface area contributed by atoms with Gasteiger partial charge in [0.1, 0.15) is 5.69 Å². The van der Waals surface area contributed by atoms with Gasteiger partial charge in [0.25, 0.3) is 0 Å². The van der Waals surface area contributed by atoms with Crippen LogP contribution in [0.2, 0.25) is 0 Å². The fourth-order valence-electron chi connectivity index (χ4n) is 2.77. The van der Waals surface area contributed by atoms with Gasteiger partial charge in [-0.1, -0.05) is 48.3 Å². The van der Waals surface area contributed by atoms with Crippen molar-refractivity contribution in [3.63, 3.8) is 0 Å². The third-order valence-electron chi connectivity index (χ3n) is 3.98. The van der Waals surface area contributed by atoms with Gasteiger partial charge < -0.3 is 15.2 Å². The van der Waals surface area contributed by atoms with E-state index in [0.29, 0.717) is 12.6 Å². The highest BCUT2D eigenvalue weighted by atomic mass is 127.